The van der Waals surface area contributed by atoms with E-state index in [1.54, 1.807) is 23.2 Å². The van der Waals surface area contributed by atoms with Crippen molar-refractivity contribution in [3.63, 3.8) is 0 Å². The summed E-state index contributed by atoms with van der Waals surface area (Å²) in [6.45, 7) is 3.70. The van der Waals surface area contributed by atoms with E-state index in [9.17, 15) is 9.18 Å². The number of carbonyl (C=O) groups excluding carboxylic acids is 1. The van der Waals surface area contributed by atoms with Gasteiger partial charge in [0.1, 0.15) is 17.3 Å². The lowest BCUT2D eigenvalue weighted by Gasteiger charge is -2.32. The third-order valence-corrected chi connectivity index (χ3v) is 4.32. The first kappa shape index (κ1) is 17.3. The van der Waals surface area contributed by atoms with Crippen LogP contribution in [-0.2, 0) is 6.42 Å². The van der Waals surface area contributed by atoms with E-state index in [-0.39, 0.29) is 11.7 Å². The molecule has 2 heterocycles. The van der Waals surface area contributed by atoms with Crippen molar-refractivity contribution in [2.75, 3.05) is 45.1 Å². The number of rotatable bonds is 5. The van der Waals surface area contributed by atoms with E-state index in [2.05, 4.69) is 20.2 Å². The third kappa shape index (κ3) is 4.51. The number of carbonyl (C=O) groups is 1. The predicted octanol–water partition coefficient (Wildman–Crippen LogP) is 1.66. The molecule has 1 aromatic carbocycles. The maximum Gasteiger partial charge on any atom is 0.274 e. The molecule has 0 spiro atoms. The summed E-state index contributed by atoms with van der Waals surface area (Å²) in [7, 11) is 2.05. The van der Waals surface area contributed by atoms with Gasteiger partial charge in [-0.05, 0) is 25.1 Å². The number of hydrogen-bond acceptors (Lipinski definition) is 5. The zero-order valence-corrected chi connectivity index (χ0v) is 14.3. The Labute approximate surface area is 146 Å². The molecule has 3 rings (SSSR count). The zero-order chi connectivity index (χ0) is 17.6. The van der Waals surface area contributed by atoms with E-state index in [0.717, 1.165) is 13.1 Å². The van der Waals surface area contributed by atoms with Gasteiger partial charge in [0.15, 0.2) is 0 Å². The Bertz CT molecular complexity index is 714. The van der Waals surface area contributed by atoms with Gasteiger partial charge in [-0.15, -0.1) is 0 Å². The van der Waals surface area contributed by atoms with Gasteiger partial charge in [0.25, 0.3) is 5.91 Å². The van der Waals surface area contributed by atoms with Crippen LogP contribution in [-0.4, -0.2) is 65.4 Å². The maximum atomic E-state index is 13.6. The summed E-state index contributed by atoms with van der Waals surface area (Å²) in [4.78, 5) is 24.8. The average Bonchev–Trinajstić information content (AvgIpc) is 2.64. The van der Waals surface area contributed by atoms with Crippen LogP contribution in [0.3, 0.4) is 0 Å². The topological polar surface area (TPSA) is 61.4 Å². The fourth-order valence-corrected chi connectivity index (χ4v) is 2.73. The van der Waals surface area contributed by atoms with E-state index in [1.807, 2.05) is 13.1 Å². The Kier molecular flexibility index (Phi) is 5.55. The molecule has 1 aliphatic rings. The normalized spacial score (nSPS) is 15.2. The van der Waals surface area contributed by atoms with Crippen molar-refractivity contribution in [3.05, 3.63) is 53.7 Å². The van der Waals surface area contributed by atoms with Crippen molar-refractivity contribution in [1.82, 2.24) is 19.8 Å². The number of aromatic nitrogens is 2. The summed E-state index contributed by atoms with van der Waals surface area (Å²) in [5.41, 5.74) is 1.01. The van der Waals surface area contributed by atoms with Gasteiger partial charge in [0, 0.05) is 32.7 Å². The van der Waals surface area contributed by atoms with Crippen molar-refractivity contribution < 1.29 is 9.18 Å². The predicted molar refractivity (Wildman–Crippen MR) is 94.0 cm³/mol. The number of nitrogens with one attached hydrogen (secondary N) is 1. The van der Waals surface area contributed by atoms with Crippen molar-refractivity contribution in [2.24, 2.45) is 0 Å². The molecule has 0 saturated carbocycles. The largest absolute Gasteiger partial charge is 0.368 e. The van der Waals surface area contributed by atoms with Gasteiger partial charge in [-0.1, -0.05) is 18.2 Å². The quantitative estimate of drug-likeness (QED) is 0.895. The van der Waals surface area contributed by atoms with Gasteiger partial charge in [0.2, 0.25) is 0 Å². The van der Waals surface area contributed by atoms with Crippen molar-refractivity contribution in [1.29, 1.82) is 0 Å². The molecule has 0 bridgehead atoms. The van der Waals surface area contributed by atoms with E-state index in [4.69, 9.17) is 0 Å². The Morgan fingerprint density at radius 2 is 1.92 bits per heavy atom. The fourth-order valence-electron chi connectivity index (χ4n) is 2.73. The number of piperazine rings is 1. The van der Waals surface area contributed by atoms with Gasteiger partial charge in [0.05, 0.1) is 12.4 Å². The SMILES string of the molecule is CN1CCN(C(=O)c2cnc(NCCc3ccccc3F)cn2)CC1. The molecule has 1 aliphatic heterocycles. The molecule has 1 aromatic heterocycles. The molecule has 1 fully saturated rings. The average molecular weight is 343 g/mol. The van der Waals surface area contributed by atoms with Crippen LogP contribution in [0, 0.1) is 5.82 Å². The van der Waals surface area contributed by atoms with Crippen molar-refractivity contribution in [3.8, 4) is 0 Å². The molecule has 2 aromatic rings. The standard InChI is InChI=1S/C18H22FN5O/c1-23-8-10-24(11-9-23)18(25)16-12-22-17(13-21-16)20-7-6-14-4-2-3-5-15(14)19/h2-5,12-13H,6-11H2,1H3,(H,20,22). The van der Waals surface area contributed by atoms with E-state index in [1.165, 1.54) is 12.3 Å². The monoisotopic (exact) mass is 343 g/mol. The van der Waals surface area contributed by atoms with Gasteiger partial charge in [-0.3, -0.25) is 4.79 Å². The molecule has 0 aliphatic carbocycles. The zero-order valence-electron chi connectivity index (χ0n) is 14.3. The third-order valence-electron chi connectivity index (χ3n) is 4.32. The Hall–Kier alpha value is -2.54. The van der Waals surface area contributed by atoms with E-state index >= 15 is 0 Å². The smallest absolute Gasteiger partial charge is 0.274 e. The Morgan fingerprint density at radius 1 is 1.16 bits per heavy atom. The van der Waals surface area contributed by atoms with Gasteiger partial charge in [-0.2, -0.15) is 0 Å². The van der Waals surface area contributed by atoms with Gasteiger partial charge in [-0.25, -0.2) is 14.4 Å². The molecular formula is C18H22FN5O. The lowest BCUT2D eigenvalue weighted by molar-refractivity contribution is 0.0658. The molecule has 132 valence electrons. The lowest BCUT2D eigenvalue weighted by Crippen LogP contribution is -2.47. The number of nitrogens with zero attached hydrogens (tertiary/aromatic N) is 4. The minimum Gasteiger partial charge on any atom is -0.368 e. The number of benzene rings is 1. The number of likely N-dealkylation sites (N-methyl/N-ethyl adjacent to an activating group) is 1. The second-order valence-electron chi connectivity index (χ2n) is 6.15. The van der Waals surface area contributed by atoms with E-state index < -0.39 is 0 Å². The van der Waals surface area contributed by atoms with Crippen LogP contribution in [0.2, 0.25) is 0 Å². The molecule has 7 heteroatoms. The highest BCUT2D eigenvalue weighted by atomic mass is 19.1. The summed E-state index contributed by atoms with van der Waals surface area (Å²) in [6, 6.07) is 6.71. The van der Waals surface area contributed by atoms with E-state index in [0.29, 0.717) is 43.1 Å². The van der Waals surface area contributed by atoms with Crippen LogP contribution in [0.1, 0.15) is 16.1 Å². The summed E-state index contributed by atoms with van der Waals surface area (Å²) in [5.74, 6) is 0.285. The molecule has 1 N–H and O–H groups in total. The van der Waals surface area contributed by atoms with Gasteiger partial charge < -0.3 is 15.1 Å². The van der Waals surface area contributed by atoms with Crippen LogP contribution in [0.25, 0.3) is 0 Å². The molecule has 25 heavy (non-hydrogen) atoms. The summed E-state index contributed by atoms with van der Waals surface area (Å²) in [6.07, 6.45) is 3.59. The summed E-state index contributed by atoms with van der Waals surface area (Å²) < 4.78 is 13.6. The Balaban J connectivity index is 1.52. The molecule has 6 nitrogen and oxygen atoms in total. The first-order valence-corrected chi connectivity index (χ1v) is 8.40. The molecule has 0 radical (unpaired) electrons. The lowest BCUT2D eigenvalue weighted by atomic mass is 10.1. The van der Waals surface area contributed by atoms with Crippen LogP contribution < -0.4 is 5.32 Å². The highest BCUT2D eigenvalue weighted by molar-refractivity contribution is 5.92. The van der Waals surface area contributed by atoms with Crippen molar-refractivity contribution >= 4 is 11.7 Å². The van der Waals surface area contributed by atoms with Crippen LogP contribution >= 0.6 is 0 Å². The highest BCUT2D eigenvalue weighted by Crippen LogP contribution is 2.09. The van der Waals surface area contributed by atoms with Gasteiger partial charge >= 0.3 is 0 Å². The number of anilines is 1. The molecule has 0 atom stereocenters. The number of halogens is 1. The van der Waals surface area contributed by atoms with Crippen LogP contribution in [0.5, 0.6) is 0 Å². The highest BCUT2D eigenvalue weighted by Gasteiger charge is 2.21. The minimum absolute atomic E-state index is 0.0847. The first-order valence-electron chi connectivity index (χ1n) is 8.40. The summed E-state index contributed by atoms with van der Waals surface area (Å²) >= 11 is 0. The van der Waals surface area contributed by atoms with Crippen LogP contribution in [0.15, 0.2) is 36.7 Å². The van der Waals surface area contributed by atoms with Crippen molar-refractivity contribution in [2.45, 2.75) is 6.42 Å². The fraction of sp³-hybridized carbons (Fsp3) is 0.389. The molecule has 1 amide bonds. The molecule has 0 unspecified atom stereocenters. The number of amides is 1. The summed E-state index contributed by atoms with van der Waals surface area (Å²) in [5, 5.41) is 3.10. The minimum atomic E-state index is -0.205. The first-order chi connectivity index (χ1) is 12.1. The number of hydrogen-bond donors (Lipinski definition) is 1. The molecular weight excluding hydrogens is 321 g/mol. The molecule has 1 saturated heterocycles. The second kappa shape index (κ2) is 8.02. The van der Waals surface area contributed by atoms with Crippen LogP contribution in [0.4, 0.5) is 10.2 Å². The Morgan fingerprint density at radius 3 is 2.60 bits per heavy atom. The maximum absolute atomic E-state index is 13.6. The second-order valence-corrected chi connectivity index (χ2v) is 6.15.